The molecule has 1 aromatic carbocycles. The molecule has 5 nitrogen and oxygen atoms in total. The first-order valence-corrected chi connectivity index (χ1v) is 5.67. The number of hydrogen-bond acceptors (Lipinski definition) is 3. The summed E-state index contributed by atoms with van der Waals surface area (Å²) in [6.45, 7) is -0.481. The first-order chi connectivity index (χ1) is 10.1. The number of azo groups is 1. The molecule has 0 atom stereocenters. The van der Waals surface area contributed by atoms with Crippen molar-refractivity contribution >= 4 is 5.96 Å². The second-order valence-electron chi connectivity index (χ2n) is 4.00. The number of aliphatic imine (C=N–C) groups is 1. The molecule has 1 rings (SSSR count). The van der Waals surface area contributed by atoms with Gasteiger partial charge in [0.2, 0.25) is 0 Å². The van der Waals surface area contributed by atoms with Crippen molar-refractivity contribution in [1.29, 1.82) is 0 Å². The Morgan fingerprint density at radius 1 is 1.05 bits per heavy atom. The van der Waals surface area contributed by atoms with E-state index in [4.69, 9.17) is 5.84 Å². The molecule has 1 aromatic rings. The summed E-state index contributed by atoms with van der Waals surface area (Å²) in [4.78, 5) is 3.63. The molecule has 0 fully saturated rings. The lowest BCUT2D eigenvalue weighted by atomic mass is 10.0. The van der Waals surface area contributed by atoms with Crippen molar-refractivity contribution < 1.29 is 26.3 Å². The summed E-state index contributed by atoms with van der Waals surface area (Å²) >= 11 is 0. The Labute approximate surface area is 120 Å². The van der Waals surface area contributed by atoms with E-state index in [2.05, 4.69) is 15.2 Å². The zero-order valence-corrected chi connectivity index (χ0v) is 11.1. The molecule has 0 saturated carbocycles. The van der Waals surface area contributed by atoms with Crippen LogP contribution in [-0.4, -0.2) is 13.0 Å². The zero-order valence-electron chi connectivity index (χ0n) is 11.1. The third-order valence-corrected chi connectivity index (χ3v) is 2.38. The predicted molar refractivity (Wildman–Crippen MR) is 65.7 cm³/mol. The van der Waals surface area contributed by atoms with Gasteiger partial charge in [-0.2, -0.15) is 31.5 Å². The zero-order chi connectivity index (χ0) is 17.0. The molecule has 0 aromatic heterocycles. The Bertz CT molecular complexity index is 543. The van der Waals surface area contributed by atoms with Crippen molar-refractivity contribution in [3.63, 3.8) is 0 Å². The molecule has 11 heteroatoms. The van der Waals surface area contributed by atoms with Gasteiger partial charge in [0.15, 0.2) is 0 Å². The second kappa shape index (κ2) is 6.73. The number of alkyl halides is 6. The number of hydrogen-bond donors (Lipinski definition) is 2. The van der Waals surface area contributed by atoms with Crippen molar-refractivity contribution in [1.82, 2.24) is 5.43 Å². The van der Waals surface area contributed by atoms with Gasteiger partial charge in [0.1, 0.15) is 0 Å². The fraction of sp³-hybridized carbons (Fsp3) is 0.364. The van der Waals surface area contributed by atoms with Crippen LogP contribution in [0.2, 0.25) is 0 Å². The van der Waals surface area contributed by atoms with Gasteiger partial charge in [-0.15, -0.1) is 5.11 Å². The molecule has 122 valence electrons. The summed E-state index contributed by atoms with van der Waals surface area (Å²) in [5.74, 6) is 4.80. The Kier molecular flexibility index (Phi) is 5.47. The van der Waals surface area contributed by atoms with Gasteiger partial charge in [0.25, 0.3) is 5.96 Å². The van der Waals surface area contributed by atoms with Gasteiger partial charge in [-0.05, 0) is 23.8 Å². The molecule has 0 aliphatic carbocycles. The number of nitrogens with zero attached hydrogens (tertiary/aromatic N) is 3. The van der Waals surface area contributed by atoms with E-state index in [1.807, 2.05) is 5.43 Å². The van der Waals surface area contributed by atoms with Crippen molar-refractivity contribution in [2.24, 2.45) is 21.1 Å². The molecular weight excluding hydrogens is 316 g/mol. The van der Waals surface area contributed by atoms with E-state index in [-0.39, 0.29) is 17.6 Å². The third kappa shape index (κ3) is 4.98. The third-order valence-electron chi connectivity index (χ3n) is 2.38. The van der Waals surface area contributed by atoms with Gasteiger partial charge in [-0.1, -0.05) is 0 Å². The van der Waals surface area contributed by atoms with Crippen molar-refractivity contribution in [2.45, 2.75) is 18.9 Å². The van der Waals surface area contributed by atoms with E-state index in [1.165, 1.54) is 7.05 Å². The molecule has 0 spiro atoms. The van der Waals surface area contributed by atoms with Gasteiger partial charge in [0.05, 0.1) is 17.7 Å². The molecular formula is C11H11F6N5. The van der Waals surface area contributed by atoms with Crippen LogP contribution in [0, 0.1) is 0 Å². The highest BCUT2D eigenvalue weighted by molar-refractivity contribution is 5.79. The maximum atomic E-state index is 12.7. The topological polar surface area (TPSA) is 75.1 Å². The normalized spacial score (nSPS) is 13.7. The van der Waals surface area contributed by atoms with Crippen LogP contribution in [0.25, 0.3) is 0 Å². The molecule has 3 N–H and O–H groups in total. The Morgan fingerprint density at radius 2 is 1.55 bits per heavy atom. The van der Waals surface area contributed by atoms with Crippen molar-refractivity contribution in [2.75, 3.05) is 7.05 Å². The van der Waals surface area contributed by atoms with Gasteiger partial charge in [-0.3, -0.25) is 5.43 Å². The summed E-state index contributed by atoms with van der Waals surface area (Å²) in [5, 5.41) is 6.72. The monoisotopic (exact) mass is 327 g/mol. The number of benzene rings is 1. The van der Waals surface area contributed by atoms with Crippen molar-refractivity contribution in [3.8, 4) is 0 Å². The summed E-state index contributed by atoms with van der Waals surface area (Å²) < 4.78 is 75.9. The lowest BCUT2D eigenvalue weighted by Crippen LogP contribution is -2.28. The quantitative estimate of drug-likeness (QED) is 0.219. The molecule has 0 amide bonds. The molecule has 0 saturated heterocycles. The Hall–Kier alpha value is -2.17. The Morgan fingerprint density at radius 3 is 1.91 bits per heavy atom. The molecule has 0 aliphatic rings. The molecule has 0 bridgehead atoms. The first-order valence-electron chi connectivity index (χ1n) is 5.67. The standard InChI is InChI=1S/C11H11F6N5/c1-19-22-9(21-18)20-5-6-2-7(10(12,13)14)4-8(3-6)11(15,16)17/h2-4H,5,18H2,1H3,(H,20,21). The Balaban J connectivity index is 3.24. The lowest BCUT2D eigenvalue weighted by Gasteiger charge is -2.13. The molecule has 0 radical (unpaired) electrons. The summed E-state index contributed by atoms with van der Waals surface area (Å²) in [6, 6.07) is 1.20. The van der Waals surface area contributed by atoms with E-state index in [1.54, 1.807) is 0 Å². The number of halogens is 6. The molecule has 0 heterocycles. The second-order valence-corrected chi connectivity index (χ2v) is 4.00. The number of hydrazine groups is 1. The van der Waals surface area contributed by atoms with Gasteiger partial charge < -0.3 is 0 Å². The molecule has 0 unspecified atom stereocenters. The summed E-state index contributed by atoms with van der Waals surface area (Å²) in [6.07, 6.45) is -9.81. The maximum Gasteiger partial charge on any atom is 0.416 e. The van der Waals surface area contributed by atoms with Crippen LogP contribution in [0.3, 0.4) is 0 Å². The largest absolute Gasteiger partial charge is 0.416 e. The van der Waals surface area contributed by atoms with Crippen LogP contribution in [-0.2, 0) is 18.9 Å². The van der Waals surface area contributed by atoms with E-state index in [0.29, 0.717) is 12.1 Å². The smallest absolute Gasteiger partial charge is 0.291 e. The maximum absolute atomic E-state index is 12.7. The van der Waals surface area contributed by atoms with E-state index >= 15 is 0 Å². The average Bonchev–Trinajstić information content (AvgIpc) is 2.41. The van der Waals surface area contributed by atoms with Crippen LogP contribution in [0.1, 0.15) is 16.7 Å². The molecule has 22 heavy (non-hydrogen) atoms. The number of nitrogens with two attached hydrogens (primary N) is 1. The number of rotatable bonds is 2. The van der Waals surface area contributed by atoms with Gasteiger partial charge >= 0.3 is 12.4 Å². The van der Waals surface area contributed by atoms with E-state index in [0.717, 1.165) is 0 Å². The fourth-order valence-corrected chi connectivity index (χ4v) is 1.48. The highest BCUT2D eigenvalue weighted by atomic mass is 19.4. The first kappa shape index (κ1) is 17.9. The van der Waals surface area contributed by atoms with Crippen LogP contribution in [0.4, 0.5) is 26.3 Å². The van der Waals surface area contributed by atoms with Crippen molar-refractivity contribution in [3.05, 3.63) is 34.9 Å². The fourth-order valence-electron chi connectivity index (χ4n) is 1.48. The van der Waals surface area contributed by atoms with Crippen LogP contribution in [0.15, 0.2) is 33.4 Å². The van der Waals surface area contributed by atoms with Gasteiger partial charge in [0, 0.05) is 7.05 Å². The minimum Gasteiger partial charge on any atom is -0.291 e. The predicted octanol–water partition coefficient (Wildman–Crippen LogP) is 3.13. The van der Waals surface area contributed by atoms with E-state index < -0.39 is 30.0 Å². The minimum atomic E-state index is -4.90. The lowest BCUT2D eigenvalue weighted by molar-refractivity contribution is -0.143. The van der Waals surface area contributed by atoms with Gasteiger partial charge in [-0.25, -0.2) is 10.8 Å². The van der Waals surface area contributed by atoms with Crippen LogP contribution < -0.4 is 11.3 Å². The summed E-state index contributed by atoms with van der Waals surface area (Å²) in [5.41, 5.74) is -1.10. The average molecular weight is 327 g/mol. The number of nitrogens with one attached hydrogen (secondary N) is 1. The van der Waals surface area contributed by atoms with Crippen LogP contribution >= 0.6 is 0 Å². The summed E-state index contributed by atoms with van der Waals surface area (Å²) in [7, 11) is 1.29. The highest BCUT2D eigenvalue weighted by Crippen LogP contribution is 2.36. The minimum absolute atomic E-state index is 0.0427. The number of guanidine groups is 1. The molecule has 0 aliphatic heterocycles. The van der Waals surface area contributed by atoms with E-state index in [9.17, 15) is 26.3 Å². The van der Waals surface area contributed by atoms with Crippen LogP contribution in [0.5, 0.6) is 0 Å². The highest BCUT2D eigenvalue weighted by Gasteiger charge is 2.36. The SMILES string of the molecule is CN=NC(=NCc1cc(C(F)(F)F)cc(C(F)(F)F)c1)NN.